The molecule has 0 aliphatic heterocycles. The van der Waals surface area contributed by atoms with Crippen LogP contribution < -0.4 is 0 Å². The van der Waals surface area contributed by atoms with Gasteiger partial charge >= 0.3 is 11.9 Å². The second-order valence-electron chi connectivity index (χ2n) is 3.85. The van der Waals surface area contributed by atoms with Gasteiger partial charge in [-0.1, -0.05) is 0 Å². The van der Waals surface area contributed by atoms with E-state index in [1.165, 1.54) is 0 Å². The number of carbonyl (C=O) groups is 2. The standard InChI is InChI=1S/C9H15NO4/c1-10(2,3)6-7-14-9(13)5-4-8(11)12/h4-5H,6-7H2,1-3H3/p+1/b5-4-. The van der Waals surface area contributed by atoms with Gasteiger partial charge in [-0.25, -0.2) is 9.59 Å². The molecule has 0 aromatic heterocycles. The molecule has 0 heterocycles. The molecule has 0 saturated carbocycles. The monoisotopic (exact) mass is 202 g/mol. The van der Waals surface area contributed by atoms with E-state index >= 15 is 0 Å². The second-order valence-corrected chi connectivity index (χ2v) is 3.85. The summed E-state index contributed by atoms with van der Waals surface area (Å²) in [7, 11) is 5.92. The van der Waals surface area contributed by atoms with Gasteiger partial charge in [0.25, 0.3) is 0 Å². The third-order valence-electron chi connectivity index (χ3n) is 1.37. The molecule has 0 radical (unpaired) electrons. The smallest absolute Gasteiger partial charge is 0.331 e. The summed E-state index contributed by atoms with van der Waals surface area (Å²) in [6.45, 7) is 0.971. The Morgan fingerprint density at radius 3 is 2.29 bits per heavy atom. The number of carboxylic acid groups (broad SMARTS) is 1. The Kier molecular flexibility index (Phi) is 4.86. The highest BCUT2D eigenvalue weighted by molar-refractivity contribution is 5.90. The van der Waals surface area contributed by atoms with Crippen LogP contribution in [0, 0.1) is 0 Å². The van der Waals surface area contributed by atoms with Gasteiger partial charge in [-0.15, -0.1) is 0 Å². The first kappa shape index (κ1) is 12.6. The molecule has 0 spiro atoms. The van der Waals surface area contributed by atoms with Crippen molar-refractivity contribution >= 4 is 11.9 Å². The fourth-order valence-electron chi connectivity index (χ4n) is 0.608. The van der Waals surface area contributed by atoms with Crippen molar-refractivity contribution in [2.45, 2.75) is 0 Å². The first-order chi connectivity index (χ1) is 6.31. The molecule has 0 atom stereocenters. The van der Waals surface area contributed by atoms with E-state index in [-0.39, 0.29) is 6.61 Å². The van der Waals surface area contributed by atoms with E-state index < -0.39 is 11.9 Å². The summed E-state index contributed by atoms with van der Waals surface area (Å²) in [6, 6.07) is 0. The molecule has 0 fully saturated rings. The van der Waals surface area contributed by atoms with Crippen molar-refractivity contribution in [2.75, 3.05) is 34.3 Å². The highest BCUT2D eigenvalue weighted by atomic mass is 16.5. The minimum Gasteiger partial charge on any atom is -0.478 e. The summed E-state index contributed by atoms with van der Waals surface area (Å²) in [5.74, 6) is -1.78. The molecule has 14 heavy (non-hydrogen) atoms. The summed E-state index contributed by atoms with van der Waals surface area (Å²) >= 11 is 0. The number of hydrogen-bond acceptors (Lipinski definition) is 3. The molecule has 80 valence electrons. The molecular formula is C9H16NO4+. The van der Waals surface area contributed by atoms with Crippen LogP contribution in [0.1, 0.15) is 0 Å². The molecule has 0 aromatic rings. The first-order valence-corrected chi connectivity index (χ1v) is 4.19. The molecule has 0 aromatic carbocycles. The maximum Gasteiger partial charge on any atom is 0.331 e. The summed E-state index contributed by atoms with van der Waals surface area (Å²) in [5.41, 5.74) is 0. The molecule has 0 bridgehead atoms. The number of carbonyl (C=O) groups excluding carboxylic acids is 1. The molecule has 0 saturated heterocycles. The minimum atomic E-state index is -1.16. The average Bonchev–Trinajstić information content (AvgIpc) is 1.98. The van der Waals surface area contributed by atoms with Crippen LogP contribution in [0.5, 0.6) is 0 Å². The SMILES string of the molecule is C[N+](C)(C)CCOC(=O)/C=C\C(=O)O. The summed E-state index contributed by atoms with van der Waals surface area (Å²) in [6.07, 6.45) is 1.66. The molecule has 0 rings (SSSR count). The van der Waals surface area contributed by atoms with Crippen molar-refractivity contribution in [2.24, 2.45) is 0 Å². The third kappa shape index (κ3) is 8.73. The van der Waals surface area contributed by atoms with Crippen molar-refractivity contribution in [3.05, 3.63) is 12.2 Å². The number of carboxylic acids is 1. The predicted molar refractivity (Wildman–Crippen MR) is 50.6 cm³/mol. The zero-order chi connectivity index (χ0) is 11.2. The van der Waals surface area contributed by atoms with Crippen LogP contribution in [-0.2, 0) is 14.3 Å². The molecule has 0 amide bonds. The van der Waals surface area contributed by atoms with Crippen LogP contribution >= 0.6 is 0 Å². The van der Waals surface area contributed by atoms with Gasteiger partial charge in [0.05, 0.1) is 21.1 Å². The lowest BCUT2D eigenvalue weighted by atomic mass is 10.5. The summed E-state index contributed by atoms with van der Waals surface area (Å²) < 4.78 is 5.45. The number of rotatable bonds is 5. The average molecular weight is 202 g/mol. The van der Waals surface area contributed by atoms with E-state index in [2.05, 4.69) is 0 Å². The van der Waals surface area contributed by atoms with E-state index in [0.717, 1.165) is 12.2 Å². The van der Waals surface area contributed by atoms with Crippen LogP contribution in [-0.4, -0.2) is 55.8 Å². The van der Waals surface area contributed by atoms with Crippen LogP contribution in [0.4, 0.5) is 0 Å². The Hall–Kier alpha value is -1.36. The molecule has 5 nitrogen and oxygen atoms in total. The quantitative estimate of drug-likeness (QED) is 0.383. The number of aliphatic carboxylic acids is 1. The Labute approximate surface area is 83.2 Å². The van der Waals surface area contributed by atoms with Gasteiger partial charge in [0.15, 0.2) is 0 Å². The van der Waals surface area contributed by atoms with Crippen molar-refractivity contribution in [3.8, 4) is 0 Å². The van der Waals surface area contributed by atoms with Gasteiger partial charge < -0.3 is 14.3 Å². The van der Waals surface area contributed by atoms with E-state index in [0.29, 0.717) is 11.0 Å². The highest BCUT2D eigenvalue weighted by Gasteiger charge is 2.07. The minimum absolute atomic E-state index is 0.284. The lowest BCUT2D eigenvalue weighted by molar-refractivity contribution is -0.870. The predicted octanol–water partition coefficient (Wildman–Crippen LogP) is -0.123. The molecule has 0 unspecified atom stereocenters. The van der Waals surface area contributed by atoms with E-state index in [4.69, 9.17) is 9.84 Å². The zero-order valence-corrected chi connectivity index (χ0v) is 8.69. The molecule has 1 N–H and O–H groups in total. The fraction of sp³-hybridized carbons (Fsp3) is 0.556. The lowest BCUT2D eigenvalue weighted by Crippen LogP contribution is -2.37. The number of ether oxygens (including phenoxy) is 1. The Balaban J connectivity index is 3.71. The topological polar surface area (TPSA) is 63.6 Å². The number of quaternary nitrogens is 1. The number of esters is 1. The number of likely N-dealkylation sites (N-methyl/N-ethyl adjacent to an activating group) is 1. The summed E-state index contributed by atoms with van der Waals surface area (Å²) in [4.78, 5) is 20.9. The number of hydrogen-bond donors (Lipinski definition) is 1. The molecule has 5 heteroatoms. The van der Waals surface area contributed by atoms with Crippen molar-refractivity contribution in [1.29, 1.82) is 0 Å². The van der Waals surface area contributed by atoms with Gasteiger partial charge in [0, 0.05) is 12.2 Å². The van der Waals surface area contributed by atoms with E-state index in [1.807, 2.05) is 21.1 Å². The van der Waals surface area contributed by atoms with Gasteiger partial charge in [-0.05, 0) is 0 Å². The van der Waals surface area contributed by atoms with Gasteiger partial charge in [-0.3, -0.25) is 0 Å². The van der Waals surface area contributed by atoms with Crippen LogP contribution in [0.15, 0.2) is 12.2 Å². The van der Waals surface area contributed by atoms with Gasteiger partial charge in [0.2, 0.25) is 0 Å². The molecule has 0 aliphatic carbocycles. The van der Waals surface area contributed by atoms with Crippen LogP contribution in [0.25, 0.3) is 0 Å². The maximum atomic E-state index is 10.9. The molecular weight excluding hydrogens is 186 g/mol. The molecule has 0 aliphatic rings. The highest BCUT2D eigenvalue weighted by Crippen LogP contribution is 1.90. The first-order valence-electron chi connectivity index (χ1n) is 4.19. The van der Waals surface area contributed by atoms with Gasteiger partial charge in [0.1, 0.15) is 13.2 Å². The lowest BCUT2D eigenvalue weighted by Gasteiger charge is -2.23. The Bertz CT molecular complexity index is 240. The fourth-order valence-corrected chi connectivity index (χ4v) is 0.608. The zero-order valence-electron chi connectivity index (χ0n) is 8.69. The maximum absolute atomic E-state index is 10.9. The van der Waals surface area contributed by atoms with Crippen molar-refractivity contribution < 1.29 is 23.9 Å². The second kappa shape index (κ2) is 5.39. The summed E-state index contributed by atoms with van der Waals surface area (Å²) in [5, 5.41) is 8.22. The van der Waals surface area contributed by atoms with Gasteiger partial charge in [-0.2, -0.15) is 0 Å². The van der Waals surface area contributed by atoms with E-state index in [1.54, 1.807) is 0 Å². The Morgan fingerprint density at radius 2 is 1.86 bits per heavy atom. The van der Waals surface area contributed by atoms with Crippen molar-refractivity contribution in [1.82, 2.24) is 0 Å². The van der Waals surface area contributed by atoms with Crippen LogP contribution in [0.2, 0.25) is 0 Å². The normalized spacial score (nSPS) is 11.6. The van der Waals surface area contributed by atoms with Crippen LogP contribution in [0.3, 0.4) is 0 Å². The van der Waals surface area contributed by atoms with E-state index in [9.17, 15) is 9.59 Å². The third-order valence-corrected chi connectivity index (χ3v) is 1.37. The number of nitrogens with zero attached hydrogens (tertiary/aromatic N) is 1. The van der Waals surface area contributed by atoms with Crippen molar-refractivity contribution in [3.63, 3.8) is 0 Å². The largest absolute Gasteiger partial charge is 0.478 e. The Morgan fingerprint density at radius 1 is 1.29 bits per heavy atom.